The second-order valence-corrected chi connectivity index (χ2v) is 6.52. The van der Waals surface area contributed by atoms with Crippen molar-refractivity contribution in [3.8, 4) is 0 Å². The van der Waals surface area contributed by atoms with Gasteiger partial charge in [0.1, 0.15) is 0 Å². The number of hydrogen-bond acceptors (Lipinski definition) is 3. The molecule has 3 heteroatoms. The lowest BCUT2D eigenvalue weighted by Crippen LogP contribution is -2.48. The Hall–Kier alpha value is -0.120. The van der Waals surface area contributed by atoms with Crippen LogP contribution in [0.1, 0.15) is 60.3 Å². The van der Waals surface area contributed by atoms with E-state index in [4.69, 9.17) is 9.47 Å². The highest BCUT2D eigenvalue weighted by atomic mass is 16.5. The van der Waals surface area contributed by atoms with Crippen molar-refractivity contribution in [2.75, 3.05) is 19.8 Å². The van der Waals surface area contributed by atoms with Crippen molar-refractivity contribution >= 4 is 0 Å². The highest BCUT2D eigenvalue weighted by Crippen LogP contribution is 2.32. The van der Waals surface area contributed by atoms with Crippen molar-refractivity contribution in [2.24, 2.45) is 11.8 Å². The molecule has 1 fully saturated rings. The summed E-state index contributed by atoms with van der Waals surface area (Å²) in [4.78, 5) is 0. The number of hydrogen-bond donors (Lipinski definition) is 1. The molecule has 1 aliphatic rings. The van der Waals surface area contributed by atoms with Crippen molar-refractivity contribution in [2.45, 2.75) is 78.6 Å². The van der Waals surface area contributed by atoms with Crippen LogP contribution >= 0.6 is 0 Å². The van der Waals surface area contributed by atoms with E-state index in [0.717, 1.165) is 25.0 Å². The molecule has 120 valence electrons. The molecule has 0 aromatic rings. The monoisotopic (exact) mass is 285 g/mol. The summed E-state index contributed by atoms with van der Waals surface area (Å²) in [6.07, 6.45) is 5.49. The Kier molecular flexibility index (Phi) is 8.74. The molecule has 0 aromatic carbocycles. The van der Waals surface area contributed by atoms with Gasteiger partial charge in [-0.3, -0.25) is 0 Å². The molecule has 0 radical (unpaired) electrons. The number of nitrogens with one attached hydrogen (secondary N) is 1. The quantitative estimate of drug-likeness (QED) is 0.702. The Morgan fingerprint density at radius 2 is 1.90 bits per heavy atom. The highest BCUT2D eigenvalue weighted by molar-refractivity contribution is 4.87. The second kappa shape index (κ2) is 9.75. The smallest absolute Gasteiger partial charge is 0.0785 e. The minimum Gasteiger partial charge on any atom is -0.379 e. The topological polar surface area (TPSA) is 30.5 Å². The molecule has 1 aliphatic carbocycles. The fraction of sp³-hybridized carbons (Fsp3) is 1.00. The minimum atomic E-state index is 0.191. The van der Waals surface area contributed by atoms with Crippen molar-refractivity contribution in [1.29, 1.82) is 0 Å². The van der Waals surface area contributed by atoms with Gasteiger partial charge in [-0.1, -0.05) is 20.8 Å². The SMILES string of the molecule is CCCNC1CCC(C(C)C)CC1OC(C)COCC. The first kappa shape index (κ1) is 17.9. The highest BCUT2D eigenvalue weighted by Gasteiger charge is 2.33. The maximum atomic E-state index is 6.30. The summed E-state index contributed by atoms with van der Waals surface area (Å²) in [5.41, 5.74) is 0. The normalized spacial score (nSPS) is 28.8. The van der Waals surface area contributed by atoms with Crippen molar-refractivity contribution in [3.63, 3.8) is 0 Å². The van der Waals surface area contributed by atoms with Crippen LogP contribution in [0.3, 0.4) is 0 Å². The van der Waals surface area contributed by atoms with Gasteiger partial charge < -0.3 is 14.8 Å². The molecule has 4 atom stereocenters. The zero-order chi connectivity index (χ0) is 15.0. The number of ether oxygens (including phenoxy) is 2. The average Bonchev–Trinajstić information content (AvgIpc) is 2.43. The Bertz CT molecular complexity index is 245. The van der Waals surface area contributed by atoms with Gasteiger partial charge >= 0.3 is 0 Å². The molecule has 1 rings (SSSR count). The lowest BCUT2D eigenvalue weighted by molar-refractivity contribution is -0.0817. The van der Waals surface area contributed by atoms with E-state index in [-0.39, 0.29) is 6.10 Å². The Morgan fingerprint density at radius 3 is 2.50 bits per heavy atom. The fourth-order valence-corrected chi connectivity index (χ4v) is 3.10. The largest absolute Gasteiger partial charge is 0.379 e. The van der Waals surface area contributed by atoms with Gasteiger partial charge in [0.2, 0.25) is 0 Å². The lowest BCUT2D eigenvalue weighted by atomic mass is 9.78. The molecule has 1 N–H and O–H groups in total. The second-order valence-electron chi connectivity index (χ2n) is 6.52. The summed E-state index contributed by atoms with van der Waals surface area (Å²) in [7, 11) is 0. The molecular formula is C17H35NO2. The third-order valence-corrected chi connectivity index (χ3v) is 4.40. The molecular weight excluding hydrogens is 250 g/mol. The van der Waals surface area contributed by atoms with Crippen LogP contribution in [-0.2, 0) is 9.47 Å². The average molecular weight is 285 g/mol. The summed E-state index contributed by atoms with van der Waals surface area (Å²) >= 11 is 0. The molecule has 4 unspecified atom stereocenters. The Balaban J connectivity index is 2.51. The molecule has 3 nitrogen and oxygen atoms in total. The van der Waals surface area contributed by atoms with Crippen molar-refractivity contribution < 1.29 is 9.47 Å². The summed E-state index contributed by atoms with van der Waals surface area (Å²) in [5.74, 6) is 1.56. The minimum absolute atomic E-state index is 0.191. The molecule has 0 aliphatic heterocycles. The molecule has 0 heterocycles. The first-order valence-electron chi connectivity index (χ1n) is 8.55. The first-order valence-corrected chi connectivity index (χ1v) is 8.55. The van der Waals surface area contributed by atoms with E-state index in [1.165, 1.54) is 25.7 Å². The predicted molar refractivity (Wildman–Crippen MR) is 85.1 cm³/mol. The van der Waals surface area contributed by atoms with Crippen LogP contribution in [-0.4, -0.2) is 38.0 Å². The van der Waals surface area contributed by atoms with Gasteiger partial charge in [0.05, 0.1) is 18.8 Å². The summed E-state index contributed by atoms with van der Waals surface area (Å²) < 4.78 is 11.8. The molecule has 20 heavy (non-hydrogen) atoms. The summed E-state index contributed by atoms with van der Waals surface area (Å²) in [5, 5.41) is 3.68. The number of rotatable bonds is 9. The van der Waals surface area contributed by atoms with E-state index in [9.17, 15) is 0 Å². The lowest BCUT2D eigenvalue weighted by Gasteiger charge is -2.39. The van der Waals surface area contributed by atoms with Crippen LogP contribution in [0.15, 0.2) is 0 Å². The van der Waals surface area contributed by atoms with E-state index in [0.29, 0.717) is 18.8 Å². The van der Waals surface area contributed by atoms with Crippen LogP contribution in [0.2, 0.25) is 0 Å². The van der Waals surface area contributed by atoms with Gasteiger partial charge in [-0.25, -0.2) is 0 Å². The maximum Gasteiger partial charge on any atom is 0.0785 e. The van der Waals surface area contributed by atoms with E-state index < -0.39 is 0 Å². The summed E-state index contributed by atoms with van der Waals surface area (Å²) in [6.45, 7) is 13.6. The zero-order valence-corrected chi connectivity index (χ0v) is 14.2. The molecule has 1 saturated carbocycles. The first-order chi connectivity index (χ1) is 9.58. The van der Waals surface area contributed by atoms with E-state index in [2.05, 4.69) is 33.0 Å². The third kappa shape index (κ3) is 6.11. The van der Waals surface area contributed by atoms with Gasteiger partial charge in [0.25, 0.3) is 0 Å². The van der Waals surface area contributed by atoms with Crippen LogP contribution in [0, 0.1) is 11.8 Å². The van der Waals surface area contributed by atoms with Crippen molar-refractivity contribution in [3.05, 3.63) is 0 Å². The zero-order valence-electron chi connectivity index (χ0n) is 14.2. The van der Waals surface area contributed by atoms with Crippen LogP contribution in [0.25, 0.3) is 0 Å². The molecule has 0 spiro atoms. The Morgan fingerprint density at radius 1 is 1.15 bits per heavy atom. The molecule has 0 aromatic heterocycles. The molecule has 0 amide bonds. The fourth-order valence-electron chi connectivity index (χ4n) is 3.10. The molecule has 0 saturated heterocycles. The van der Waals surface area contributed by atoms with Gasteiger partial charge in [-0.15, -0.1) is 0 Å². The van der Waals surface area contributed by atoms with Crippen LogP contribution < -0.4 is 5.32 Å². The Labute approximate surface area is 125 Å². The van der Waals surface area contributed by atoms with E-state index >= 15 is 0 Å². The van der Waals surface area contributed by atoms with Crippen molar-refractivity contribution in [1.82, 2.24) is 5.32 Å². The predicted octanol–water partition coefficient (Wildman–Crippen LogP) is 3.62. The van der Waals surface area contributed by atoms with Gasteiger partial charge in [0.15, 0.2) is 0 Å². The van der Waals surface area contributed by atoms with Gasteiger partial charge in [-0.05, 0) is 57.9 Å². The van der Waals surface area contributed by atoms with Gasteiger partial charge in [0, 0.05) is 12.6 Å². The van der Waals surface area contributed by atoms with E-state index in [1.54, 1.807) is 0 Å². The van der Waals surface area contributed by atoms with Crippen LogP contribution in [0.5, 0.6) is 0 Å². The van der Waals surface area contributed by atoms with E-state index in [1.807, 2.05) is 6.92 Å². The summed E-state index contributed by atoms with van der Waals surface area (Å²) in [6, 6.07) is 0.522. The third-order valence-electron chi connectivity index (χ3n) is 4.40. The van der Waals surface area contributed by atoms with Crippen LogP contribution in [0.4, 0.5) is 0 Å². The van der Waals surface area contributed by atoms with Gasteiger partial charge in [-0.2, -0.15) is 0 Å². The maximum absolute atomic E-state index is 6.30. The molecule has 0 bridgehead atoms. The standard InChI is InChI=1S/C17H35NO2/c1-6-10-18-16-9-8-15(13(3)4)11-17(16)20-14(5)12-19-7-2/h13-18H,6-12H2,1-5H3.